The number of hydrogen-bond donors (Lipinski definition) is 0. The minimum absolute atomic E-state index is 0. The summed E-state index contributed by atoms with van der Waals surface area (Å²) >= 11 is 0.168. The molecule has 2 atom stereocenters. The fraction of sp³-hybridized carbons (Fsp3) is 0.909. The first-order valence-electron chi connectivity index (χ1n) is 5.43. The molecule has 0 N–H and O–H groups in total. The van der Waals surface area contributed by atoms with Gasteiger partial charge in [-0.25, -0.2) is 21.1 Å². The molecule has 0 radical (unpaired) electrons. The predicted octanol–water partition coefficient (Wildman–Crippen LogP) is 1.61. The Kier molecular flexibility index (Phi) is 34.1. The third-order valence-electron chi connectivity index (χ3n) is 1.34. The number of thioether (sulfide) groups is 1. The molecule has 0 aromatic rings. The van der Waals surface area contributed by atoms with Crippen molar-refractivity contribution in [2.45, 2.75) is 14.4 Å². The summed E-state index contributed by atoms with van der Waals surface area (Å²) in [4.78, 5) is 9.78. The highest BCUT2D eigenvalue weighted by atomic mass is 33.1. The molecule has 0 saturated heterocycles. The molecule has 0 saturated carbocycles. The Morgan fingerprint density at radius 3 is 1.30 bits per heavy atom. The summed E-state index contributed by atoms with van der Waals surface area (Å²) in [5, 5.41) is 0.171. The van der Waals surface area contributed by atoms with Gasteiger partial charge in [-0.15, -0.1) is 0 Å². The molecule has 0 heterocycles. The van der Waals surface area contributed by atoms with E-state index < -0.39 is 30.9 Å². The number of carbonyl (C=O) groups is 1. The molecule has 0 aliphatic rings. The first kappa shape index (κ1) is 34.8. The third-order valence-corrected chi connectivity index (χ3v) is 5.83. The highest BCUT2D eigenvalue weighted by Gasteiger charge is 1.91. The SMILES string of the molecule is C.CN(C)S(C)=O.COS(C)=O.CSC(C)=O.CSS(C)(=O)=O. The zero-order chi connectivity index (χ0) is 18.9. The Morgan fingerprint density at radius 2 is 1.30 bits per heavy atom. The zero-order valence-corrected chi connectivity index (χ0v) is 18.5. The Labute approximate surface area is 155 Å². The molecule has 12 heteroatoms. The first-order chi connectivity index (χ1) is 9.74. The number of hydrogen-bond acceptors (Lipinski definition) is 8. The summed E-state index contributed by atoms with van der Waals surface area (Å²) in [6.45, 7) is 1.55. The van der Waals surface area contributed by atoms with E-state index in [2.05, 4.69) is 4.18 Å². The van der Waals surface area contributed by atoms with E-state index >= 15 is 0 Å². The lowest BCUT2D eigenvalue weighted by Gasteiger charge is -2.00. The molecule has 146 valence electrons. The fourth-order valence-electron chi connectivity index (χ4n) is 0. The average molecular weight is 434 g/mol. The molecule has 0 aromatic heterocycles. The molecule has 0 aliphatic heterocycles. The van der Waals surface area contributed by atoms with Crippen molar-refractivity contribution in [3.63, 3.8) is 0 Å². The van der Waals surface area contributed by atoms with Gasteiger partial charge in [0.1, 0.15) is 0 Å². The van der Waals surface area contributed by atoms with E-state index in [9.17, 15) is 21.6 Å². The van der Waals surface area contributed by atoms with Crippen molar-refractivity contribution in [3.8, 4) is 0 Å². The maximum absolute atomic E-state index is 10.2. The lowest BCUT2D eigenvalue weighted by Crippen LogP contribution is -2.12. The minimum Gasteiger partial charge on any atom is -0.294 e. The van der Waals surface area contributed by atoms with Gasteiger partial charge in [0.15, 0.2) is 25.1 Å². The van der Waals surface area contributed by atoms with Crippen molar-refractivity contribution >= 4 is 58.6 Å². The van der Waals surface area contributed by atoms with Crippen LogP contribution in [0.3, 0.4) is 0 Å². The Morgan fingerprint density at radius 1 is 1.13 bits per heavy atom. The molecule has 0 fully saturated rings. The van der Waals surface area contributed by atoms with E-state index in [1.807, 2.05) is 0 Å². The van der Waals surface area contributed by atoms with Crippen LogP contribution in [0.15, 0.2) is 0 Å². The smallest absolute Gasteiger partial charge is 0.198 e. The van der Waals surface area contributed by atoms with Crippen molar-refractivity contribution in [1.29, 1.82) is 0 Å². The third kappa shape index (κ3) is 71.4. The van der Waals surface area contributed by atoms with Crippen LogP contribution in [0.1, 0.15) is 14.4 Å². The average Bonchev–Trinajstić information content (AvgIpc) is 2.39. The fourth-order valence-corrected chi connectivity index (χ4v) is 0. The van der Waals surface area contributed by atoms with E-state index in [0.29, 0.717) is 0 Å². The molecule has 0 spiro atoms. The summed E-state index contributed by atoms with van der Waals surface area (Å²) in [5.41, 5.74) is 0. The number of carbonyl (C=O) groups excluding carboxylic acids is 1. The molecule has 0 aromatic carbocycles. The Bertz CT molecular complexity index is 397. The van der Waals surface area contributed by atoms with Gasteiger partial charge in [-0.2, -0.15) is 0 Å². The maximum atomic E-state index is 10.2. The molecule has 0 rings (SSSR count). The van der Waals surface area contributed by atoms with Crippen LogP contribution in [-0.2, 0) is 39.9 Å². The second-order valence-electron chi connectivity index (χ2n) is 3.37. The number of rotatable bonds is 3. The first-order valence-corrected chi connectivity index (χ1v) is 13.3. The van der Waals surface area contributed by atoms with Gasteiger partial charge in [-0.05, 0) is 37.4 Å². The Balaban J connectivity index is -0.0000000620. The molecular formula is C11H31NO6S5. The van der Waals surface area contributed by atoms with E-state index in [0.717, 1.165) is 10.8 Å². The van der Waals surface area contributed by atoms with Crippen molar-refractivity contribution in [2.75, 3.05) is 52.5 Å². The summed E-state index contributed by atoms with van der Waals surface area (Å²) in [7, 11) is 2.27. The molecule has 0 bridgehead atoms. The topological polar surface area (TPSA) is 97.8 Å². The van der Waals surface area contributed by atoms with E-state index in [-0.39, 0.29) is 12.5 Å². The van der Waals surface area contributed by atoms with Gasteiger partial charge >= 0.3 is 0 Å². The second-order valence-corrected chi connectivity index (χ2v) is 11.6. The van der Waals surface area contributed by atoms with Gasteiger partial charge in [0, 0.05) is 25.7 Å². The molecule has 0 aliphatic carbocycles. The van der Waals surface area contributed by atoms with Crippen molar-refractivity contribution in [1.82, 2.24) is 4.31 Å². The van der Waals surface area contributed by atoms with Crippen LogP contribution in [-0.4, -0.2) is 78.7 Å². The molecule has 23 heavy (non-hydrogen) atoms. The highest BCUT2D eigenvalue weighted by molar-refractivity contribution is 8.71. The molecule has 7 nitrogen and oxygen atoms in total. The molecular weight excluding hydrogens is 402 g/mol. The van der Waals surface area contributed by atoms with E-state index in [4.69, 9.17) is 0 Å². The highest BCUT2D eigenvalue weighted by Crippen LogP contribution is 2.00. The maximum Gasteiger partial charge on any atom is 0.198 e. The lowest BCUT2D eigenvalue weighted by molar-refractivity contribution is -0.109. The summed E-state index contributed by atoms with van der Waals surface area (Å²) < 4.78 is 45.7. The number of nitrogens with zero attached hydrogens (tertiary/aromatic N) is 1. The second kappa shape index (κ2) is 22.5. The normalized spacial score (nSPS) is 11.9. The van der Waals surface area contributed by atoms with Gasteiger partial charge in [0.25, 0.3) is 0 Å². The van der Waals surface area contributed by atoms with Crippen LogP contribution < -0.4 is 0 Å². The lowest BCUT2D eigenvalue weighted by atomic mass is 10.9. The molecule has 0 amide bonds. The quantitative estimate of drug-likeness (QED) is 0.619. The van der Waals surface area contributed by atoms with Gasteiger partial charge in [0.05, 0.1) is 18.1 Å². The van der Waals surface area contributed by atoms with E-state index in [1.165, 1.54) is 37.6 Å². The summed E-state index contributed by atoms with van der Waals surface area (Å²) in [6.07, 6.45) is 7.59. The monoisotopic (exact) mass is 433 g/mol. The van der Waals surface area contributed by atoms with Gasteiger partial charge in [-0.3, -0.25) is 8.98 Å². The summed E-state index contributed by atoms with van der Waals surface area (Å²) in [5.74, 6) is 0. The van der Waals surface area contributed by atoms with Crippen LogP contribution >= 0.6 is 22.6 Å². The van der Waals surface area contributed by atoms with Gasteiger partial charge in [-0.1, -0.05) is 19.2 Å². The van der Waals surface area contributed by atoms with Crippen molar-refractivity contribution in [2.24, 2.45) is 0 Å². The standard InChI is InChI=1S/C3H9NOS.C3H6OS.C2H6O2S2.C2H6O2S.CH4/c1-4(2)6(3)5;1-3(4)5-2;1-5-6(2,3)4;1-4-5(2)3;/h1-3H3;1-2H3;1-2H3;1-2H3;1H4. The van der Waals surface area contributed by atoms with Gasteiger partial charge in [0.2, 0.25) is 0 Å². The van der Waals surface area contributed by atoms with E-state index in [1.54, 1.807) is 37.8 Å². The van der Waals surface area contributed by atoms with Crippen LogP contribution in [0, 0.1) is 0 Å². The van der Waals surface area contributed by atoms with Crippen LogP contribution in [0.2, 0.25) is 0 Å². The van der Waals surface area contributed by atoms with Gasteiger partial charge < -0.3 is 0 Å². The largest absolute Gasteiger partial charge is 0.294 e. The van der Waals surface area contributed by atoms with Crippen molar-refractivity contribution in [3.05, 3.63) is 0 Å². The minimum atomic E-state index is -2.75. The van der Waals surface area contributed by atoms with Crippen LogP contribution in [0.25, 0.3) is 0 Å². The van der Waals surface area contributed by atoms with Crippen LogP contribution in [0.5, 0.6) is 0 Å². The molecule has 2 unspecified atom stereocenters. The predicted molar refractivity (Wildman–Crippen MR) is 108 cm³/mol. The van der Waals surface area contributed by atoms with Crippen LogP contribution in [0.4, 0.5) is 0 Å². The zero-order valence-electron chi connectivity index (χ0n) is 14.4. The summed E-state index contributed by atoms with van der Waals surface area (Å²) in [6, 6.07) is 0. The Hall–Kier alpha value is 0.540. The van der Waals surface area contributed by atoms with Crippen molar-refractivity contribution < 1.29 is 25.8 Å².